The van der Waals surface area contributed by atoms with Crippen molar-refractivity contribution in [3.8, 4) is 0 Å². The smallest absolute Gasteiger partial charge is 0.225 e. The number of hydrogen-bond donors (Lipinski definition) is 0. The maximum atomic E-state index is 12.0. The lowest BCUT2D eigenvalue weighted by molar-refractivity contribution is -0.131. The molecule has 0 radical (unpaired) electrons. The molecule has 1 aromatic heterocycles. The van der Waals surface area contributed by atoms with Gasteiger partial charge in [-0.05, 0) is 31.4 Å². The second kappa shape index (κ2) is 4.08. The van der Waals surface area contributed by atoms with E-state index >= 15 is 0 Å². The summed E-state index contributed by atoms with van der Waals surface area (Å²) in [4.78, 5) is 18.6. The van der Waals surface area contributed by atoms with E-state index in [-0.39, 0.29) is 5.92 Å². The van der Waals surface area contributed by atoms with Crippen molar-refractivity contribution < 1.29 is 9.21 Å². The van der Waals surface area contributed by atoms with E-state index in [0.29, 0.717) is 11.8 Å². The summed E-state index contributed by atoms with van der Waals surface area (Å²) in [5.41, 5.74) is 1.74. The van der Waals surface area contributed by atoms with Crippen LogP contribution < -0.4 is 0 Å². The number of nitrogens with zero attached hydrogens (tertiary/aromatic N) is 2. The zero-order valence-corrected chi connectivity index (χ0v) is 10.7. The molecule has 1 aliphatic heterocycles. The highest BCUT2D eigenvalue weighted by Gasteiger charge is 2.38. The van der Waals surface area contributed by atoms with E-state index in [0.717, 1.165) is 49.3 Å². The minimum Gasteiger partial charge on any atom is -0.440 e. The Hall–Kier alpha value is -1.84. The second-order valence-corrected chi connectivity index (χ2v) is 5.56. The van der Waals surface area contributed by atoms with E-state index in [1.807, 2.05) is 29.2 Å². The molecule has 4 rings (SSSR count). The quantitative estimate of drug-likeness (QED) is 0.829. The molecule has 2 fully saturated rings. The van der Waals surface area contributed by atoms with Crippen LogP contribution in [0.3, 0.4) is 0 Å². The van der Waals surface area contributed by atoms with Crippen molar-refractivity contribution in [2.24, 2.45) is 5.92 Å². The average Bonchev–Trinajstić information content (AvgIpc) is 3.01. The van der Waals surface area contributed by atoms with E-state index in [1.165, 1.54) is 0 Å². The minimum atomic E-state index is 0.259. The molecule has 1 amide bonds. The third-order valence-corrected chi connectivity index (χ3v) is 4.09. The van der Waals surface area contributed by atoms with Gasteiger partial charge in [0.1, 0.15) is 5.52 Å². The SMILES string of the molecule is O=C(C1CC1)N1CC[C@H](c2nc3ccccc3o2)C1. The summed E-state index contributed by atoms with van der Waals surface area (Å²) in [6.07, 6.45) is 3.11. The summed E-state index contributed by atoms with van der Waals surface area (Å²) < 4.78 is 5.81. The van der Waals surface area contributed by atoms with Crippen LogP contribution in [0.25, 0.3) is 11.1 Å². The van der Waals surface area contributed by atoms with Crippen LogP contribution in [0.15, 0.2) is 28.7 Å². The highest BCUT2D eigenvalue weighted by molar-refractivity contribution is 5.81. The molecule has 98 valence electrons. The Morgan fingerprint density at radius 1 is 1.26 bits per heavy atom. The Kier molecular flexibility index (Phi) is 2.37. The first-order valence-electron chi connectivity index (χ1n) is 6.95. The highest BCUT2D eigenvalue weighted by atomic mass is 16.3. The Labute approximate surface area is 111 Å². The summed E-state index contributed by atoms with van der Waals surface area (Å²) in [5.74, 6) is 1.68. The van der Waals surface area contributed by atoms with Crippen LogP contribution in [0.2, 0.25) is 0 Å². The van der Waals surface area contributed by atoms with Gasteiger partial charge in [0.25, 0.3) is 0 Å². The molecular weight excluding hydrogens is 240 g/mol. The van der Waals surface area contributed by atoms with Crippen molar-refractivity contribution in [1.82, 2.24) is 9.88 Å². The van der Waals surface area contributed by atoms with Gasteiger partial charge in [-0.3, -0.25) is 4.79 Å². The fourth-order valence-electron chi connectivity index (χ4n) is 2.82. The van der Waals surface area contributed by atoms with Crippen LogP contribution in [0, 0.1) is 5.92 Å². The third kappa shape index (κ3) is 1.91. The van der Waals surface area contributed by atoms with Crippen LogP contribution in [0.5, 0.6) is 0 Å². The number of carbonyl (C=O) groups excluding carboxylic acids is 1. The van der Waals surface area contributed by atoms with Gasteiger partial charge in [0, 0.05) is 19.0 Å². The Morgan fingerprint density at radius 2 is 2.11 bits per heavy atom. The molecule has 1 aromatic carbocycles. The molecule has 1 saturated carbocycles. The number of amides is 1. The van der Waals surface area contributed by atoms with Crippen LogP contribution in [-0.2, 0) is 4.79 Å². The zero-order valence-electron chi connectivity index (χ0n) is 10.7. The molecule has 4 nitrogen and oxygen atoms in total. The lowest BCUT2D eigenvalue weighted by Gasteiger charge is -2.15. The molecular formula is C15H16N2O2. The van der Waals surface area contributed by atoms with Gasteiger partial charge in [0.05, 0.1) is 5.92 Å². The molecule has 0 bridgehead atoms. The molecule has 0 spiro atoms. The molecule has 2 aliphatic rings. The Morgan fingerprint density at radius 3 is 2.89 bits per heavy atom. The van der Waals surface area contributed by atoms with E-state index in [1.54, 1.807) is 0 Å². The van der Waals surface area contributed by atoms with Crippen LogP contribution in [0.1, 0.15) is 31.1 Å². The van der Waals surface area contributed by atoms with Crippen LogP contribution in [0.4, 0.5) is 0 Å². The first-order valence-corrected chi connectivity index (χ1v) is 6.95. The molecule has 1 atom stereocenters. The monoisotopic (exact) mass is 256 g/mol. The Balaban J connectivity index is 1.55. The van der Waals surface area contributed by atoms with Gasteiger partial charge in [-0.1, -0.05) is 12.1 Å². The van der Waals surface area contributed by atoms with Crippen molar-refractivity contribution in [1.29, 1.82) is 0 Å². The lowest BCUT2D eigenvalue weighted by Crippen LogP contribution is -2.29. The summed E-state index contributed by atoms with van der Waals surface area (Å²) in [6.45, 7) is 1.61. The normalized spacial score (nSPS) is 23.2. The molecule has 2 heterocycles. The minimum absolute atomic E-state index is 0.259. The van der Waals surface area contributed by atoms with Crippen molar-refractivity contribution in [2.45, 2.75) is 25.2 Å². The van der Waals surface area contributed by atoms with Gasteiger partial charge >= 0.3 is 0 Å². The molecule has 4 heteroatoms. The second-order valence-electron chi connectivity index (χ2n) is 5.56. The fourth-order valence-corrected chi connectivity index (χ4v) is 2.82. The van der Waals surface area contributed by atoms with E-state index in [4.69, 9.17) is 4.42 Å². The number of hydrogen-bond acceptors (Lipinski definition) is 3. The van der Waals surface area contributed by atoms with E-state index < -0.39 is 0 Å². The zero-order chi connectivity index (χ0) is 12.8. The van der Waals surface area contributed by atoms with Gasteiger partial charge in [0.2, 0.25) is 5.91 Å². The number of benzene rings is 1. The van der Waals surface area contributed by atoms with E-state index in [2.05, 4.69) is 4.98 Å². The number of oxazole rings is 1. The molecule has 1 aliphatic carbocycles. The van der Waals surface area contributed by atoms with E-state index in [9.17, 15) is 4.79 Å². The van der Waals surface area contributed by atoms with Crippen LogP contribution in [-0.4, -0.2) is 28.9 Å². The maximum Gasteiger partial charge on any atom is 0.225 e. The largest absolute Gasteiger partial charge is 0.440 e. The van der Waals surface area contributed by atoms with Crippen molar-refractivity contribution in [2.75, 3.05) is 13.1 Å². The Bertz CT molecular complexity index is 597. The predicted octanol–water partition coefficient (Wildman–Crippen LogP) is 2.55. The topological polar surface area (TPSA) is 46.3 Å². The number of carbonyl (C=O) groups is 1. The number of fused-ring (bicyclic) bond motifs is 1. The number of para-hydroxylation sites is 2. The van der Waals surface area contributed by atoms with Gasteiger partial charge in [-0.2, -0.15) is 0 Å². The summed E-state index contributed by atoms with van der Waals surface area (Å²) in [6, 6.07) is 7.82. The first kappa shape index (κ1) is 11.0. The first-order chi connectivity index (χ1) is 9.31. The molecule has 0 unspecified atom stereocenters. The highest BCUT2D eigenvalue weighted by Crippen LogP contribution is 2.35. The molecule has 2 aromatic rings. The molecule has 1 saturated heterocycles. The van der Waals surface area contributed by atoms with Gasteiger partial charge in [-0.25, -0.2) is 4.98 Å². The lowest BCUT2D eigenvalue weighted by atomic mass is 10.1. The third-order valence-electron chi connectivity index (χ3n) is 4.09. The summed E-state index contributed by atoms with van der Waals surface area (Å²) in [5, 5.41) is 0. The molecule has 19 heavy (non-hydrogen) atoms. The van der Waals surface area contributed by atoms with Crippen molar-refractivity contribution in [3.05, 3.63) is 30.2 Å². The van der Waals surface area contributed by atoms with Crippen molar-refractivity contribution in [3.63, 3.8) is 0 Å². The average molecular weight is 256 g/mol. The molecule has 0 N–H and O–H groups in total. The standard InChI is InChI=1S/C15H16N2O2/c18-15(10-5-6-10)17-8-7-11(9-17)14-16-12-3-1-2-4-13(12)19-14/h1-4,10-11H,5-9H2/t11-/m0/s1. The number of likely N-dealkylation sites (tertiary alicyclic amines) is 1. The fraction of sp³-hybridized carbons (Fsp3) is 0.467. The van der Waals surface area contributed by atoms with Gasteiger partial charge < -0.3 is 9.32 Å². The van der Waals surface area contributed by atoms with Gasteiger partial charge in [0.15, 0.2) is 11.5 Å². The van der Waals surface area contributed by atoms with Gasteiger partial charge in [-0.15, -0.1) is 0 Å². The number of aromatic nitrogens is 1. The summed E-state index contributed by atoms with van der Waals surface area (Å²) >= 11 is 0. The predicted molar refractivity (Wildman–Crippen MR) is 70.7 cm³/mol. The maximum absolute atomic E-state index is 12.0. The summed E-state index contributed by atoms with van der Waals surface area (Å²) in [7, 11) is 0. The van der Waals surface area contributed by atoms with Crippen LogP contribution >= 0.6 is 0 Å². The number of rotatable bonds is 2. The van der Waals surface area contributed by atoms with Crippen molar-refractivity contribution >= 4 is 17.0 Å².